The van der Waals surface area contributed by atoms with Gasteiger partial charge in [0.15, 0.2) is 10.8 Å². The van der Waals surface area contributed by atoms with Gasteiger partial charge in [-0.1, -0.05) is 17.8 Å². The van der Waals surface area contributed by atoms with Crippen LogP contribution < -0.4 is 5.32 Å². The Kier molecular flexibility index (Phi) is 5.47. The Balaban J connectivity index is 1.51. The van der Waals surface area contributed by atoms with Crippen molar-refractivity contribution in [3.63, 3.8) is 0 Å². The van der Waals surface area contributed by atoms with Gasteiger partial charge in [0, 0.05) is 18.9 Å². The summed E-state index contributed by atoms with van der Waals surface area (Å²) in [5.74, 6) is -0.814. The van der Waals surface area contributed by atoms with E-state index >= 15 is 0 Å². The van der Waals surface area contributed by atoms with Gasteiger partial charge in [-0.05, 0) is 36.4 Å². The van der Waals surface area contributed by atoms with E-state index in [1.54, 1.807) is 11.4 Å². The lowest BCUT2D eigenvalue weighted by Gasteiger charge is -2.16. The van der Waals surface area contributed by atoms with Crippen LogP contribution in [0.2, 0.25) is 0 Å². The van der Waals surface area contributed by atoms with Crippen LogP contribution in [-0.4, -0.2) is 50.7 Å². The number of benzene rings is 1. The second-order valence-electron chi connectivity index (χ2n) is 5.50. The highest BCUT2D eigenvalue weighted by atomic mass is 32.2. The third kappa shape index (κ3) is 4.37. The van der Waals surface area contributed by atoms with Crippen LogP contribution in [0.3, 0.4) is 0 Å². The Bertz CT molecular complexity index is 928. The molecule has 9 heteroatoms. The molecule has 0 saturated heterocycles. The van der Waals surface area contributed by atoms with Gasteiger partial charge in [0.25, 0.3) is 0 Å². The largest absolute Gasteiger partial charge is 0.336 e. The lowest BCUT2D eigenvalue weighted by Crippen LogP contribution is -2.36. The third-order valence-corrected chi connectivity index (χ3v) is 4.47. The monoisotopic (exact) mass is 373 g/mol. The summed E-state index contributed by atoms with van der Waals surface area (Å²) in [4.78, 5) is 25.5. The first-order chi connectivity index (χ1) is 12.5. The Morgan fingerprint density at radius 2 is 1.96 bits per heavy atom. The lowest BCUT2D eigenvalue weighted by atomic mass is 10.3. The molecule has 0 spiro atoms. The molecule has 2 amide bonds. The van der Waals surface area contributed by atoms with E-state index in [4.69, 9.17) is 0 Å². The summed E-state index contributed by atoms with van der Waals surface area (Å²) >= 11 is 1.25. The highest BCUT2D eigenvalue weighted by molar-refractivity contribution is 7.99. The van der Waals surface area contributed by atoms with Crippen molar-refractivity contribution in [2.75, 3.05) is 24.7 Å². The molecule has 3 aromatic rings. The summed E-state index contributed by atoms with van der Waals surface area (Å²) in [6, 6.07) is 11.0. The topological polar surface area (TPSA) is 79.6 Å². The van der Waals surface area contributed by atoms with Crippen molar-refractivity contribution in [3.8, 4) is 0 Å². The van der Waals surface area contributed by atoms with E-state index in [0.29, 0.717) is 16.5 Å². The van der Waals surface area contributed by atoms with Gasteiger partial charge in [0.1, 0.15) is 5.82 Å². The first-order valence-electron chi connectivity index (χ1n) is 7.75. The smallest absolute Gasteiger partial charge is 0.243 e. The fraction of sp³-hybridized carbons (Fsp3) is 0.176. The van der Waals surface area contributed by atoms with Crippen LogP contribution in [0.15, 0.2) is 53.8 Å². The maximum absolute atomic E-state index is 12.9. The van der Waals surface area contributed by atoms with Crippen molar-refractivity contribution in [2.45, 2.75) is 5.16 Å². The molecule has 0 aliphatic rings. The average Bonchev–Trinajstić information content (AvgIpc) is 3.04. The first kappa shape index (κ1) is 17.9. The SMILES string of the molecule is CN(CC(=O)Nc1ccc(F)cc1)C(=O)CSc1nnc2ccccn12. The summed E-state index contributed by atoms with van der Waals surface area (Å²) in [5, 5.41) is 11.3. The van der Waals surface area contributed by atoms with Gasteiger partial charge >= 0.3 is 0 Å². The molecule has 0 saturated carbocycles. The number of aromatic nitrogens is 3. The number of nitrogens with one attached hydrogen (secondary N) is 1. The van der Waals surface area contributed by atoms with Crippen molar-refractivity contribution in [2.24, 2.45) is 0 Å². The predicted molar refractivity (Wildman–Crippen MR) is 96.4 cm³/mol. The molecule has 26 heavy (non-hydrogen) atoms. The Morgan fingerprint density at radius 3 is 2.73 bits per heavy atom. The number of nitrogens with zero attached hydrogens (tertiary/aromatic N) is 4. The zero-order chi connectivity index (χ0) is 18.5. The van der Waals surface area contributed by atoms with Crippen molar-refractivity contribution in [1.29, 1.82) is 0 Å². The molecule has 1 N–H and O–H groups in total. The zero-order valence-corrected chi connectivity index (χ0v) is 14.7. The number of rotatable bonds is 6. The third-order valence-electron chi connectivity index (χ3n) is 3.54. The van der Waals surface area contributed by atoms with Crippen LogP contribution in [0.4, 0.5) is 10.1 Å². The molecule has 2 heterocycles. The van der Waals surface area contributed by atoms with E-state index in [9.17, 15) is 14.0 Å². The summed E-state index contributed by atoms with van der Waals surface area (Å²) in [5.41, 5.74) is 1.18. The molecular formula is C17H16FN5O2S. The zero-order valence-electron chi connectivity index (χ0n) is 13.9. The lowest BCUT2D eigenvalue weighted by molar-refractivity contribution is -0.131. The van der Waals surface area contributed by atoms with Crippen molar-refractivity contribution >= 4 is 34.9 Å². The average molecular weight is 373 g/mol. The van der Waals surface area contributed by atoms with Crippen molar-refractivity contribution in [1.82, 2.24) is 19.5 Å². The molecule has 3 rings (SSSR count). The van der Waals surface area contributed by atoms with Gasteiger partial charge in [0.05, 0.1) is 12.3 Å². The van der Waals surface area contributed by atoms with E-state index in [-0.39, 0.29) is 29.9 Å². The summed E-state index contributed by atoms with van der Waals surface area (Å²) < 4.78 is 14.7. The minimum absolute atomic E-state index is 0.0999. The quantitative estimate of drug-likeness (QED) is 0.669. The minimum atomic E-state index is -0.381. The Morgan fingerprint density at radius 1 is 1.19 bits per heavy atom. The standard InChI is InChI=1S/C17H16FN5O2S/c1-22(10-15(24)19-13-7-5-12(18)6-8-13)16(25)11-26-17-21-20-14-4-2-3-9-23(14)17/h2-9H,10-11H2,1H3,(H,19,24). The number of hydrogen-bond acceptors (Lipinski definition) is 5. The number of hydrogen-bond donors (Lipinski definition) is 1. The van der Waals surface area contributed by atoms with E-state index in [2.05, 4.69) is 15.5 Å². The molecule has 0 fully saturated rings. The Labute approximate surface area is 153 Å². The number of carbonyl (C=O) groups excluding carboxylic acids is 2. The highest BCUT2D eigenvalue weighted by Gasteiger charge is 2.15. The second-order valence-corrected chi connectivity index (χ2v) is 6.45. The number of thioether (sulfide) groups is 1. The van der Waals surface area contributed by atoms with Gasteiger partial charge in [0.2, 0.25) is 11.8 Å². The van der Waals surface area contributed by atoms with E-state index in [1.807, 2.05) is 24.4 Å². The summed E-state index contributed by atoms with van der Waals surface area (Å²) in [6.45, 7) is -0.0999. The van der Waals surface area contributed by atoms with Gasteiger partial charge in [-0.25, -0.2) is 4.39 Å². The van der Waals surface area contributed by atoms with Gasteiger partial charge in [-0.3, -0.25) is 14.0 Å². The molecule has 0 aliphatic carbocycles. The van der Waals surface area contributed by atoms with Crippen LogP contribution in [0.5, 0.6) is 0 Å². The molecular weight excluding hydrogens is 357 g/mol. The van der Waals surface area contributed by atoms with Crippen molar-refractivity contribution < 1.29 is 14.0 Å². The number of anilines is 1. The number of carbonyl (C=O) groups is 2. The van der Waals surface area contributed by atoms with E-state index in [1.165, 1.54) is 40.9 Å². The second kappa shape index (κ2) is 7.96. The van der Waals surface area contributed by atoms with Gasteiger partial charge < -0.3 is 10.2 Å². The molecule has 1 aromatic carbocycles. The van der Waals surface area contributed by atoms with Crippen LogP contribution in [0.1, 0.15) is 0 Å². The van der Waals surface area contributed by atoms with Crippen LogP contribution >= 0.6 is 11.8 Å². The molecule has 0 unspecified atom stereocenters. The number of amides is 2. The minimum Gasteiger partial charge on any atom is -0.336 e. The molecule has 0 radical (unpaired) electrons. The Hall–Kier alpha value is -2.94. The normalized spacial score (nSPS) is 10.7. The summed E-state index contributed by atoms with van der Waals surface area (Å²) in [6.07, 6.45) is 1.82. The van der Waals surface area contributed by atoms with Crippen LogP contribution in [-0.2, 0) is 9.59 Å². The molecule has 0 bridgehead atoms. The fourth-order valence-corrected chi connectivity index (χ4v) is 3.06. The maximum Gasteiger partial charge on any atom is 0.243 e. The summed E-state index contributed by atoms with van der Waals surface area (Å²) in [7, 11) is 1.55. The maximum atomic E-state index is 12.9. The highest BCUT2D eigenvalue weighted by Crippen LogP contribution is 2.17. The van der Waals surface area contributed by atoms with E-state index in [0.717, 1.165) is 0 Å². The number of likely N-dealkylation sites (N-methyl/N-ethyl adjacent to an activating group) is 1. The van der Waals surface area contributed by atoms with Gasteiger partial charge in [-0.15, -0.1) is 10.2 Å². The number of fused-ring (bicyclic) bond motifs is 1. The predicted octanol–water partition coefficient (Wildman–Crippen LogP) is 2.06. The van der Waals surface area contributed by atoms with E-state index < -0.39 is 0 Å². The molecule has 2 aromatic heterocycles. The van der Waals surface area contributed by atoms with Crippen LogP contribution in [0, 0.1) is 5.82 Å². The molecule has 7 nitrogen and oxygen atoms in total. The fourth-order valence-electron chi connectivity index (χ4n) is 2.19. The molecule has 0 aliphatic heterocycles. The number of halogens is 1. The molecule has 134 valence electrons. The van der Waals surface area contributed by atoms with Gasteiger partial charge in [-0.2, -0.15) is 0 Å². The van der Waals surface area contributed by atoms with Crippen molar-refractivity contribution in [3.05, 3.63) is 54.5 Å². The molecule has 0 atom stereocenters. The first-order valence-corrected chi connectivity index (χ1v) is 8.73. The number of pyridine rings is 1. The van der Waals surface area contributed by atoms with Crippen LogP contribution in [0.25, 0.3) is 5.65 Å².